The number of hydrogen-bond donors (Lipinski definition) is 1. The van der Waals surface area contributed by atoms with Gasteiger partial charge < -0.3 is 10.6 Å². The number of aromatic nitrogens is 1. The summed E-state index contributed by atoms with van der Waals surface area (Å²) in [6.45, 7) is 5.87. The minimum Gasteiger partial charge on any atom is -0.339 e. The Morgan fingerprint density at radius 2 is 2.11 bits per heavy atom. The minimum atomic E-state index is -0.396. The molecule has 2 N–H and O–H groups in total. The van der Waals surface area contributed by atoms with Gasteiger partial charge >= 0.3 is 0 Å². The van der Waals surface area contributed by atoms with Gasteiger partial charge in [0, 0.05) is 38.9 Å². The van der Waals surface area contributed by atoms with Gasteiger partial charge in [-0.3, -0.25) is 14.7 Å². The van der Waals surface area contributed by atoms with Crippen LogP contribution in [0.25, 0.3) is 0 Å². The maximum Gasteiger partial charge on any atom is 0.239 e. The first kappa shape index (κ1) is 13.0. The average molecular weight is 248 g/mol. The molecule has 1 aliphatic heterocycles. The molecule has 5 nitrogen and oxygen atoms in total. The maximum atomic E-state index is 11.7. The van der Waals surface area contributed by atoms with Crippen molar-refractivity contribution < 1.29 is 4.79 Å². The van der Waals surface area contributed by atoms with Crippen molar-refractivity contribution in [3.05, 3.63) is 30.1 Å². The maximum absolute atomic E-state index is 11.7. The second-order valence-electron chi connectivity index (χ2n) is 4.71. The Kier molecular flexibility index (Phi) is 4.28. The molecule has 0 aliphatic carbocycles. The fourth-order valence-corrected chi connectivity index (χ4v) is 2.14. The molecule has 0 aromatic carbocycles. The van der Waals surface area contributed by atoms with Gasteiger partial charge in [0.15, 0.2) is 0 Å². The van der Waals surface area contributed by atoms with E-state index in [-0.39, 0.29) is 5.91 Å². The molecule has 1 fully saturated rings. The van der Waals surface area contributed by atoms with Crippen LogP contribution >= 0.6 is 0 Å². The number of nitrogens with zero attached hydrogens (tertiary/aromatic N) is 3. The fraction of sp³-hybridized carbons (Fsp3) is 0.538. The molecule has 0 radical (unpaired) electrons. The van der Waals surface area contributed by atoms with Crippen LogP contribution in [-0.2, 0) is 11.3 Å². The third-order valence-corrected chi connectivity index (χ3v) is 3.19. The molecule has 1 saturated heterocycles. The molecule has 2 rings (SSSR count). The lowest BCUT2D eigenvalue weighted by Gasteiger charge is -2.35. The van der Waals surface area contributed by atoms with Crippen LogP contribution in [0.5, 0.6) is 0 Å². The van der Waals surface area contributed by atoms with Crippen molar-refractivity contribution in [2.24, 2.45) is 5.73 Å². The summed E-state index contributed by atoms with van der Waals surface area (Å²) in [6, 6.07) is 5.55. The lowest BCUT2D eigenvalue weighted by molar-refractivity contribution is -0.134. The number of rotatable bonds is 3. The predicted molar refractivity (Wildman–Crippen MR) is 69.7 cm³/mol. The van der Waals surface area contributed by atoms with Crippen LogP contribution in [0.2, 0.25) is 0 Å². The number of carbonyl (C=O) groups excluding carboxylic acids is 1. The lowest BCUT2D eigenvalue weighted by atomic mass is 10.2. The summed E-state index contributed by atoms with van der Waals surface area (Å²) in [5, 5.41) is 0. The summed E-state index contributed by atoms with van der Waals surface area (Å²) in [7, 11) is 0. The average Bonchev–Trinajstić information content (AvgIpc) is 2.40. The van der Waals surface area contributed by atoms with E-state index in [9.17, 15) is 4.79 Å². The van der Waals surface area contributed by atoms with Crippen molar-refractivity contribution in [3.63, 3.8) is 0 Å². The SMILES string of the molecule is C[C@@H](N)C(=O)N1CCN(Cc2ccccn2)CC1. The Balaban J connectivity index is 1.82. The van der Waals surface area contributed by atoms with Gasteiger partial charge in [0.1, 0.15) is 0 Å². The Morgan fingerprint density at radius 3 is 2.67 bits per heavy atom. The summed E-state index contributed by atoms with van der Waals surface area (Å²) in [5.74, 6) is 0.0486. The number of carbonyl (C=O) groups is 1. The number of nitrogens with two attached hydrogens (primary N) is 1. The number of hydrogen-bond acceptors (Lipinski definition) is 4. The normalized spacial score (nSPS) is 18.7. The van der Waals surface area contributed by atoms with E-state index in [4.69, 9.17) is 5.73 Å². The lowest BCUT2D eigenvalue weighted by Crippen LogP contribution is -2.52. The van der Waals surface area contributed by atoms with Crippen LogP contribution in [0.3, 0.4) is 0 Å². The van der Waals surface area contributed by atoms with E-state index in [0.717, 1.165) is 38.4 Å². The first-order valence-corrected chi connectivity index (χ1v) is 6.33. The van der Waals surface area contributed by atoms with Gasteiger partial charge in [-0.2, -0.15) is 0 Å². The molecule has 0 spiro atoms. The minimum absolute atomic E-state index is 0.0486. The van der Waals surface area contributed by atoms with Crippen LogP contribution < -0.4 is 5.73 Å². The fourth-order valence-electron chi connectivity index (χ4n) is 2.14. The van der Waals surface area contributed by atoms with E-state index < -0.39 is 6.04 Å². The smallest absolute Gasteiger partial charge is 0.239 e. The van der Waals surface area contributed by atoms with Crippen molar-refractivity contribution in [2.45, 2.75) is 19.5 Å². The van der Waals surface area contributed by atoms with Crippen LogP contribution in [0.15, 0.2) is 24.4 Å². The first-order valence-electron chi connectivity index (χ1n) is 6.33. The highest BCUT2D eigenvalue weighted by Crippen LogP contribution is 2.07. The Labute approximate surface area is 108 Å². The van der Waals surface area contributed by atoms with Gasteiger partial charge in [0.05, 0.1) is 11.7 Å². The Bertz CT molecular complexity index is 385. The number of piperazine rings is 1. The molecule has 18 heavy (non-hydrogen) atoms. The zero-order chi connectivity index (χ0) is 13.0. The van der Waals surface area contributed by atoms with E-state index in [2.05, 4.69) is 9.88 Å². The van der Waals surface area contributed by atoms with Crippen LogP contribution in [0, 0.1) is 0 Å². The van der Waals surface area contributed by atoms with E-state index in [0.29, 0.717) is 0 Å². The van der Waals surface area contributed by atoms with Crippen LogP contribution in [0.1, 0.15) is 12.6 Å². The third-order valence-electron chi connectivity index (χ3n) is 3.19. The second kappa shape index (κ2) is 5.93. The molecule has 1 aromatic heterocycles. The second-order valence-corrected chi connectivity index (χ2v) is 4.71. The van der Waals surface area contributed by atoms with Gasteiger partial charge in [-0.15, -0.1) is 0 Å². The van der Waals surface area contributed by atoms with Gasteiger partial charge in [0.25, 0.3) is 0 Å². The molecule has 0 saturated carbocycles. The van der Waals surface area contributed by atoms with Crippen molar-refractivity contribution in [2.75, 3.05) is 26.2 Å². The molecule has 98 valence electrons. The Morgan fingerprint density at radius 1 is 1.39 bits per heavy atom. The quantitative estimate of drug-likeness (QED) is 0.822. The molecular formula is C13H20N4O. The van der Waals surface area contributed by atoms with Crippen molar-refractivity contribution in [1.29, 1.82) is 0 Å². The molecule has 1 amide bonds. The Hall–Kier alpha value is -1.46. The van der Waals surface area contributed by atoms with Crippen molar-refractivity contribution in [1.82, 2.24) is 14.8 Å². The third kappa shape index (κ3) is 3.27. The molecule has 0 bridgehead atoms. The zero-order valence-corrected chi connectivity index (χ0v) is 10.7. The van der Waals surface area contributed by atoms with E-state index in [1.54, 1.807) is 6.92 Å². The summed E-state index contributed by atoms with van der Waals surface area (Å²) in [5.41, 5.74) is 6.68. The topological polar surface area (TPSA) is 62.5 Å². The highest BCUT2D eigenvalue weighted by atomic mass is 16.2. The molecule has 1 atom stereocenters. The van der Waals surface area contributed by atoms with E-state index in [1.807, 2.05) is 29.3 Å². The van der Waals surface area contributed by atoms with Gasteiger partial charge in [-0.1, -0.05) is 6.07 Å². The highest BCUT2D eigenvalue weighted by Gasteiger charge is 2.22. The number of amides is 1. The number of pyridine rings is 1. The molecule has 1 aliphatic rings. The summed E-state index contributed by atoms with van der Waals surface area (Å²) in [6.07, 6.45) is 1.81. The standard InChI is InChI=1S/C13H20N4O/c1-11(14)13(18)17-8-6-16(7-9-17)10-12-4-2-3-5-15-12/h2-5,11H,6-10,14H2,1H3/t11-/m1/s1. The largest absolute Gasteiger partial charge is 0.339 e. The summed E-state index contributed by atoms with van der Waals surface area (Å²) < 4.78 is 0. The molecule has 5 heteroatoms. The van der Waals surface area contributed by atoms with Crippen LogP contribution in [0.4, 0.5) is 0 Å². The molecule has 0 unspecified atom stereocenters. The predicted octanol–water partition coefficient (Wildman–Crippen LogP) is 0.0730. The highest BCUT2D eigenvalue weighted by molar-refractivity contribution is 5.81. The first-order chi connectivity index (χ1) is 8.66. The van der Waals surface area contributed by atoms with Gasteiger partial charge in [-0.25, -0.2) is 0 Å². The van der Waals surface area contributed by atoms with Gasteiger partial charge in [0.2, 0.25) is 5.91 Å². The molecular weight excluding hydrogens is 228 g/mol. The monoisotopic (exact) mass is 248 g/mol. The molecule has 1 aromatic rings. The van der Waals surface area contributed by atoms with Crippen molar-refractivity contribution in [3.8, 4) is 0 Å². The summed E-state index contributed by atoms with van der Waals surface area (Å²) >= 11 is 0. The van der Waals surface area contributed by atoms with Crippen LogP contribution in [-0.4, -0.2) is 52.9 Å². The van der Waals surface area contributed by atoms with Gasteiger partial charge in [-0.05, 0) is 19.1 Å². The van der Waals surface area contributed by atoms with E-state index in [1.165, 1.54) is 0 Å². The zero-order valence-electron chi connectivity index (χ0n) is 10.7. The molecule has 2 heterocycles. The van der Waals surface area contributed by atoms with Crippen molar-refractivity contribution >= 4 is 5.91 Å². The summed E-state index contributed by atoms with van der Waals surface area (Å²) in [4.78, 5) is 20.2. The van der Waals surface area contributed by atoms with E-state index >= 15 is 0 Å².